The summed E-state index contributed by atoms with van der Waals surface area (Å²) >= 11 is 1.67. The van der Waals surface area contributed by atoms with E-state index in [2.05, 4.69) is 61.9 Å². The van der Waals surface area contributed by atoms with Gasteiger partial charge >= 0.3 is 0 Å². The molecule has 0 radical (unpaired) electrons. The van der Waals surface area contributed by atoms with Gasteiger partial charge in [0.05, 0.1) is 0 Å². The molecule has 0 amide bonds. The minimum Gasteiger partial charge on any atom is -0.399 e. The highest BCUT2D eigenvalue weighted by Crippen LogP contribution is 2.31. The van der Waals surface area contributed by atoms with Crippen molar-refractivity contribution in [3.63, 3.8) is 0 Å². The SMILES string of the molecule is CC(C)(C)NSc1ccccc1-c1ccc(N)cc1. The lowest BCUT2D eigenvalue weighted by atomic mass is 10.1. The Balaban J connectivity index is 2.28. The average Bonchev–Trinajstić information content (AvgIpc) is 2.37. The molecule has 3 heteroatoms. The number of rotatable bonds is 3. The summed E-state index contributed by atoms with van der Waals surface area (Å²) < 4.78 is 3.45. The molecule has 0 aliphatic carbocycles. The third-order valence-electron chi connectivity index (χ3n) is 2.58. The monoisotopic (exact) mass is 272 g/mol. The van der Waals surface area contributed by atoms with Crippen molar-refractivity contribution in [2.75, 3.05) is 5.73 Å². The van der Waals surface area contributed by atoms with Gasteiger partial charge in [-0.3, -0.25) is 4.72 Å². The standard InChI is InChI=1S/C16H20N2S/c1-16(2,3)18-19-15-7-5-4-6-14(15)12-8-10-13(17)11-9-12/h4-11,18H,17H2,1-3H3. The topological polar surface area (TPSA) is 38.0 Å². The Kier molecular flexibility index (Phi) is 4.17. The highest BCUT2D eigenvalue weighted by molar-refractivity contribution is 7.97. The second-order valence-electron chi connectivity index (χ2n) is 5.57. The van der Waals surface area contributed by atoms with Gasteiger partial charge < -0.3 is 5.73 Å². The molecule has 2 aromatic carbocycles. The fraction of sp³-hybridized carbons (Fsp3) is 0.250. The number of benzene rings is 2. The zero-order valence-corrected chi connectivity index (χ0v) is 12.4. The second-order valence-corrected chi connectivity index (χ2v) is 6.42. The maximum atomic E-state index is 5.74. The molecular formula is C16H20N2S. The summed E-state index contributed by atoms with van der Waals surface area (Å²) in [5, 5.41) is 0. The highest BCUT2D eigenvalue weighted by Gasteiger charge is 2.11. The van der Waals surface area contributed by atoms with Crippen LogP contribution in [0.4, 0.5) is 5.69 Å². The van der Waals surface area contributed by atoms with Gasteiger partial charge in [0, 0.05) is 16.1 Å². The smallest absolute Gasteiger partial charge is 0.0314 e. The Hall–Kier alpha value is -1.45. The van der Waals surface area contributed by atoms with Gasteiger partial charge in [-0.2, -0.15) is 0 Å². The van der Waals surface area contributed by atoms with E-state index in [0.29, 0.717) is 0 Å². The molecule has 0 aliphatic heterocycles. The van der Waals surface area contributed by atoms with Crippen LogP contribution in [0.25, 0.3) is 11.1 Å². The van der Waals surface area contributed by atoms with Crippen LogP contribution in [-0.4, -0.2) is 5.54 Å². The van der Waals surface area contributed by atoms with E-state index in [-0.39, 0.29) is 5.54 Å². The van der Waals surface area contributed by atoms with Crippen LogP contribution in [0.5, 0.6) is 0 Å². The molecule has 0 aliphatic rings. The summed E-state index contributed by atoms with van der Waals surface area (Å²) in [6.45, 7) is 6.48. The van der Waals surface area contributed by atoms with Crippen molar-refractivity contribution < 1.29 is 0 Å². The molecule has 0 unspecified atom stereocenters. The average molecular weight is 272 g/mol. The van der Waals surface area contributed by atoms with Gasteiger partial charge in [-0.15, -0.1) is 0 Å². The molecule has 0 heterocycles. The van der Waals surface area contributed by atoms with E-state index in [4.69, 9.17) is 5.73 Å². The number of nitrogens with two attached hydrogens (primary N) is 1. The maximum Gasteiger partial charge on any atom is 0.0314 e. The van der Waals surface area contributed by atoms with E-state index in [0.717, 1.165) is 5.69 Å². The molecule has 0 saturated carbocycles. The fourth-order valence-electron chi connectivity index (χ4n) is 1.66. The maximum absolute atomic E-state index is 5.74. The normalized spacial score (nSPS) is 11.5. The van der Waals surface area contributed by atoms with Crippen LogP contribution in [0, 0.1) is 0 Å². The molecule has 0 saturated heterocycles. The fourth-order valence-corrected chi connectivity index (χ4v) is 2.52. The van der Waals surface area contributed by atoms with E-state index in [1.807, 2.05) is 12.1 Å². The zero-order chi connectivity index (χ0) is 13.9. The first-order valence-corrected chi connectivity index (χ1v) is 7.16. The second kappa shape index (κ2) is 5.68. The van der Waals surface area contributed by atoms with E-state index in [1.165, 1.54) is 16.0 Å². The van der Waals surface area contributed by atoms with Gasteiger partial charge in [-0.05, 0) is 62.0 Å². The molecule has 0 atom stereocenters. The van der Waals surface area contributed by atoms with Crippen molar-refractivity contribution in [2.24, 2.45) is 0 Å². The van der Waals surface area contributed by atoms with Crippen LogP contribution in [0.2, 0.25) is 0 Å². The lowest BCUT2D eigenvalue weighted by Crippen LogP contribution is -2.29. The summed E-state index contributed by atoms with van der Waals surface area (Å²) in [6, 6.07) is 16.4. The van der Waals surface area contributed by atoms with Crippen LogP contribution in [0.3, 0.4) is 0 Å². The molecule has 0 bridgehead atoms. The molecule has 0 spiro atoms. The van der Waals surface area contributed by atoms with Crippen LogP contribution in [0.15, 0.2) is 53.4 Å². The molecule has 0 aromatic heterocycles. The Morgan fingerprint density at radius 2 is 1.58 bits per heavy atom. The number of nitrogens with one attached hydrogen (secondary N) is 1. The van der Waals surface area contributed by atoms with Crippen LogP contribution in [-0.2, 0) is 0 Å². The van der Waals surface area contributed by atoms with Gasteiger partial charge in [0.1, 0.15) is 0 Å². The summed E-state index contributed by atoms with van der Waals surface area (Å²) in [5.74, 6) is 0. The molecular weight excluding hydrogens is 252 g/mol. The van der Waals surface area contributed by atoms with Crippen molar-refractivity contribution in [1.82, 2.24) is 4.72 Å². The largest absolute Gasteiger partial charge is 0.399 e. The van der Waals surface area contributed by atoms with Crippen LogP contribution in [0.1, 0.15) is 20.8 Å². The van der Waals surface area contributed by atoms with Gasteiger partial charge in [-0.1, -0.05) is 30.3 Å². The molecule has 2 rings (SSSR count). The Labute approximate surface area is 119 Å². The minimum absolute atomic E-state index is 0.0822. The van der Waals surface area contributed by atoms with Crippen LogP contribution >= 0.6 is 11.9 Å². The quantitative estimate of drug-likeness (QED) is 0.645. The van der Waals surface area contributed by atoms with Crippen molar-refractivity contribution in [1.29, 1.82) is 0 Å². The summed E-state index contributed by atoms with van der Waals surface area (Å²) in [5.41, 5.74) is 9.03. The number of nitrogen functional groups attached to an aromatic ring is 1. The van der Waals surface area contributed by atoms with Gasteiger partial charge in [0.2, 0.25) is 0 Å². The third kappa shape index (κ3) is 4.01. The van der Waals surface area contributed by atoms with E-state index < -0.39 is 0 Å². The van der Waals surface area contributed by atoms with E-state index in [9.17, 15) is 0 Å². The minimum atomic E-state index is 0.0822. The number of hydrogen-bond acceptors (Lipinski definition) is 3. The predicted molar refractivity (Wildman–Crippen MR) is 85.0 cm³/mol. The molecule has 2 nitrogen and oxygen atoms in total. The molecule has 0 fully saturated rings. The third-order valence-corrected chi connectivity index (χ3v) is 3.87. The van der Waals surface area contributed by atoms with E-state index >= 15 is 0 Å². The van der Waals surface area contributed by atoms with Gasteiger partial charge in [0.15, 0.2) is 0 Å². The number of hydrogen-bond donors (Lipinski definition) is 2. The Morgan fingerprint density at radius 3 is 2.21 bits per heavy atom. The van der Waals surface area contributed by atoms with Gasteiger partial charge in [-0.25, -0.2) is 0 Å². The first-order valence-electron chi connectivity index (χ1n) is 6.35. The van der Waals surface area contributed by atoms with Crippen molar-refractivity contribution in [3.05, 3.63) is 48.5 Å². The van der Waals surface area contributed by atoms with Gasteiger partial charge in [0.25, 0.3) is 0 Å². The lowest BCUT2D eigenvalue weighted by Gasteiger charge is -2.20. The number of anilines is 1. The summed E-state index contributed by atoms with van der Waals surface area (Å²) in [6.07, 6.45) is 0. The molecule has 19 heavy (non-hydrogen) atoms. The first-order chi connectivity index (χ1) is 8.96. The van der Waals surface area contributed by atoms with Crippen molar-refractivity contribution >= 4 is 17.6 Å². The summed E-state index contributed by atoms with van der Waals surface area (Å²) in [7, 11) is 0. The molecule has 2 aromatic rings. The van der Waals surface area contributed by atoms with Crippen molar-refractivity contribution in [3.8, 4) is 11.1 Å². The Bertz CT molecular complexity index is 541. The van der Waals surface area contributed by atoms with E-state index in [1.54, 1.807) is 11.9 Å². The predicted octanol–water partition coefficient (Wildman–Crippen LogP) is 4.33. The highest BCUT2D eigenvalue weighted by atomic mass is 32.2. The first kappa shape index (κ1) is 14.0. The molecule has 100 valence electrons. The van der Waals surface area contributed by atoms with Crippen molar-refractivity contribution in [2.45, 2.75) is 31.2 Å². The Morgan fingerprint density at radius 1 is 0.947 bits per heavy atom. The van der Waals surface area contributed by atoms with Crippen LogP contribution < -0.4 is 10.5 Å². The molecule has 3 N–H and O–H groups in total. The zero-order valence-electron chi connectivity index (χ0n) is 11.6. The lowest BCUT2D eigenvalue weighted by molar-refractivity contribution is 0.535. The summed E-state index contributed by atoms with van der Waals surface area (Å²) in [4.78, 5) is 1.22.